The Morgan fingerprint density at radius 2 is 1.45 bits per heavy atom. The lowest BCUT2D eigenvalue weighted by Crippen LogP contribution is -2.33. The van der Waals surface area contributed by atoms with Gasteiger partial charge in [0.05, 0.1) is 0 Å². The summed E-state index contributed by atoms with van der Waals surface area (Å²) in [6, 6.07) is 0.796. The second-order valence-corrected chi connectivity index (χ2v) is 7.62. The van der Waals surface area contributed by atoms with Crippen molar-refractivity contribution >= 4 is 0 Å². The quantitative estimate of drug-likeness (QED) is 0.412. The van der Waals surface area contributed by atoms with E-state index >= 15 is 0 Å². The van der Waals surface area contributed by atoms with Gasteiger partial charge in [0.25, 0.3) is 0 Å². The van der Waals surface area contributed by atoms with E-state index in [9.17, 15) is 0 Å². The maximum Gasteiger partial charge on any atom is 0.0101 e. The van der Waals surface area contributed by atoms with Crippen molar-refractivity contribution in [2.75, 3.05) is 6.54 Å². The Kier molecular flexibility index (Phi) is 8.84. The highest BCUT2D eigenvalue weighted by molar-refractivity contribution is 5.01. The summed E-state index contributed by atoms with van der Waals surface area (Å²) < 4.78 is 0. The van der Waals surface area contributed by atoms with Gasteiger partial charge in [-0.2, -0.15) is 0 Å². The van der Waals surface area contributed by atoms with Crippen molar-refractivity contribution in [3.8, 4) is 0 Å². The fourth-order valence-corrected chi connectivity index (χ4v) is 3.47. The van der Waals surface area contributed by atoms with Crippen molar-refractivity contribution < 1.29 is 0 Å². The number of rotatable bonds is 13. The molecule has 0 amide bonds. The van der Waals surface area contributed by atoms with Crippen molar-refractivity contribution in [3.05, 3.63) is 0 Å². The van der Waals surface area contributed by atoms with Gasteiger partial charge in [0.1, 0.15) is 0 Å². The summed E-state index contributed by atoms with van der Waals surface area (Å²) in [5, 5.41) is 3.81. The first-order valence-corrected chi connectivity index (χ1v) is 9.35. The number of hydrogen-bond donors (Lipinski definition) is 1. The van der Waals surface area contributed by atoms with Crippen molar-refractivity contribution in [3.63, 3.8) is 0 Å². The molecule has 1 nitrogen and oxygen atoms in total. The van der Waals surface area contributed by atoms with Crippen molar-refractivity contribution in [1.82, 2.24) is 5.32 Å². The first-order chi connectivity index (χ1) is 9.61. The lowest BCUT2D eigenvalue weighted by Gasteiger charge is -2.20. The molecule has 0 heterocycles. The molecule has 20 heavy (non-hydrogen) atoms. The molecule has 0 aromatic rings. The lowest BCUT2D eigenvalue weighted by atomic mass is 9.97. The first-order valence-electron chi connectivity index (χ1n) is 9.35. The summed E-state index contributed by atoms with van der Waals surface area (Å²) in [6.45, 7) is 10.6. The van der Waals surface area contributed by atoms with E-state index < -0.39 is 0 Å². The minimum absolute atomic E-state index is 0.617. The predicted molar refractivity (Wildman–Crippen MR) is 91.2 cm³/mol. The highest BCUT2D eigenvalue weighted by Crippen LogP contribution is 2.54. The van der Waals surface area contributed by atoms with Crippen molar-refractivity contribution in [2.24, 2.45) is 11.3 Å². The van der Waals surface area contributed by atoms with Gasteiger partial charge >= 0.3 is 0 Å². The molecule has 1 heteroatoms. The summed E-state index contributed by atoms with van der Waals surface area (Å²) in [4.78, 5) is 0. The van der Waals surface area contributed by atoms with E-state index in [-0.39, 0.29) is 0 Å². The van der Waals surface area contributed by atoms with Crippen LogP contribution in [0.4, 0.5) is 0 Å². The molecule has 1 fully saturated rings. The van der Waals surface area contributed by atoms with Crippen LogP contribution in [0.1, 0.15) is 98.3 Å². The average molecular weight is 282 g/mol. The highest BCUT2D eigenvalue weighted by Gasteiger charge is 2.49. The van der Waals surface area contributed by atoms with Gasteiger partial charge in [0.2, 0.25) is 0 Å². The minimum Gasteiger partial charge on any atom is -0.314 e. The molecular formula is C19H39N. The largest absolute Gasteiger partial charge is 0.314 e. The second kappa shape index (κ2) is 9.82. The monoisotopic (exact) mass is 281 g/mol. The van der Waals surface area contributed by atoms with Crippen LogP contribution in [0, 0.1) is 11.3 Å². The highest BCUT2D eigenvalue weighted by atomic mass is 14.9. The van der Waals surface area contributed by atoms with Gasteiger partial charge in [-0.3, -0.25) is 0 Å². The summed E-state index contributed by atoms with van der Waals surface area (Å²) in [5.41, 5.74) is 0.617. The SMILES string of the molecule is CCCCCCCCCCC(NCCC)C1CC1(C)C. The van der Waals surface area contributed by atoms with Gasteiger partial charge in [0.15, 0.2) is 0 Å². The normalized spacial score (nSPS) is 21.9. The Hall–Kier alpha value is -0.0400. The molecule has 0 saturated heterocycles. The second-order valence-electron chi connectivity index (χ2n) is 7.62. The maximum atomic E-state index is 3.81. The van der Waals surface area contributed by atoms with Gasteiger partial charge in [-0.1, -0.05) is 79.1 Å². The minimum atomic E-state index is 0.617. The summed E-state index contributed by atoms with van der Waals surface area (Å²) in [7, 11) is 0. The summed E-state index contributed by atoms with van der Waals surface area (Å²) in [5.74, 6) is 0.943. The molecule has 0 aliphatic heterocycles. The van der Waals surface area contributed by atoms with Crippen LogP contribution in [-0.4, -0.2) is 12.6 Å². The van der Waals surface area contributed by atoms with Crippen LogP contribution in [0.3, 0.4) is 0 Å². The zero-order valence-electron chi connectivity index (χ0n) is 14.6. The molecule has 1 N–H and O–H groups in total. The van der Waals surface area contributed by atoms with E-state index in [0.717, 1.165) is 12.0 Å². The average Bonchev–Trinajstić information content (AvgIpc) is 3.05. The maximum absolute atomic E-state index is 3.81. The van der Waals surface area contributed by atoms with Gasteiger partial charge in [0, 0.05) is 6.04 Å². The molecular weight excluding hydrogens is 242 g/mol. The molecule has 1 saturated carbocycles. The van der Waals surface area contributed by atoms with Crippen LogP contribution in [0.15, 0.2) is 0 Å². The predicted octanol–water partition coefficient (Wildman–Crippen LogP) is 5.93. The molecule has 0 aromatic carbocycles. The fourth-order valence-electron chi connectivity index (χ4n) is 3.47. The smallest absolute Gasteiger partial charge is 0.0101 e. The van der Waals surface area contributed by atoms with E-state index in [2.05, 4.69) is 33.0 Å². The van der Waals surface area contributed by atoms with Crippen LogP contribution in [0.5, 0.6) is 0 Å². The summed E-state index contributed by atoms with van der Waals surface area (Å²) >= 11 is 0. The van der Waals surface area contributed by atoms with Crippen LogP contribution in [0.2, 0.25) is 0 Å². The number of hydrogen-bond acceptors (Lipinski definition) is 1. The van der Waals surface area contributed by atoms with Gasteiger partial charge in [-0.25, -0.2) is 0 Å². The van der Waals surface area contributed by atoms with E-state index in [1.807, 2.05) is 0 Å². The molecule has 0 aromatic heterocycles. The third kappa shape index (κ3) is 7.11. The zero-order valence-corrected chi connectivity index (χ0v) is 14.6. The fraction of sp³-hybridized carbons (Fsp3) is 1.00. The van der Waals surface area contributed by atoms with Crippen molar-refractivity contribution in [2.45, 2.75) is 104 Å². The van der Waals surface area contributed by atoms with Crippen LogP contribution in [0.25, 0.3) is 0 Å². The Morgan fingerprint density at radius 3 is 1.95 bits per heavy atom. The molecule has 1 aliphatic carbocycles. The van der Waals surface area contributed by atoms with E-state index in [4.69, 9.17) is 0 Å². The van der Waals surface area contributed by atoms with Gasteiger partial charge in [-0.05, 0) is 37.1 Å². The number of unbranched alkanes of at least 4 members (excludes halogenated alkanes) is 7. The standard InChI is InChI=1S/C19H39N/c1-5-7-8-9-10-11-12-13-14-18(20-15-6-2)17-16-19(17,3)4/h17-18,20H,5-16H2,1-4H3. The molecule has 1 aliphatic rings. The Morgan fingerprint density at radius 1 is 0.900 bits per heavy atom. The molecule has 0 bridgehead atoms. The van der Waals surface area contributed by atoms with Crippen LogP contribution >= 0.6 is 0 Å². The molecule has 2 unspecified atom stereocenters. The summed E-state index contributed by atoms with van der Waals surface area (Å²) in [6.07, 6.45) is 15.6. The first kappa shape index (κ1) is 18.0. The van der Waals surface area contributed by atoms with Gasteiger partial charge < -0.3 is 5.32 Å². The molecule has 1 rings (SSSR count). The van der Waals surface area contributed by atoms with E-state index in [0.29, 0.717) is 5.41 Å². The Bertz CT molecular complexity index is 234. The lowest BCUT2D eigenvalue weighted by molar-refractivity contribution is 0.372. The van der Waals surface area contributed by atoms with E-state index in [1.165, 1.54) is 77.2 Å². The Labute approximate surface area is 128 Å². The number of nitrogens with one attached hydrogen (secondary N) is 1. The van der Waals surface area contributed by atoms with Crippen LogP contribution < -0.4 is 5.32 Å². The third-order valence-corrected chi connectivity index (χ3v) is 5.10. The van der Waals surface area contributed by atoms with E-state index in [1.54, 1.807) is 0 Å². The zero-order chi connectivity index (χ0) is 14.8. The van der Waals surface area contributed by atoms with Crippen molar-refractivity contribution in [1.29, 1.82) is 0 Å². The Balaban J connectivity index is 2.04. The molecule has 120 valence electrons. The topological polar surface area (TPSA) is 12.0 Å². The van der Waals surface area contributed by atoms with Gasteiger partial charge in [-0.15, -0.1) is 0 Å². The molecule has 0 radical (unpaired) electrons. The molecule has 0 spiro atoms. The van der Waals surface area contributed by atoms with Crippen LogP contribution in [-0.2, 0) is 0 Å². The third-order valence-electron chi connectivity index (χ3n) is 5.10. The molecule has 2 atom stereocenters.